The Hall–Kier alpha value is -0.940. The average Bonchev–Trinajstić information content (AvgIpc) is 2.76. The minimum atomic E-state index is -0.166. The summed E-state index contributed by atoms with van der Waals surface area (Å²) in [5.74, 6) is -0.166. The van der Waals surface area contributed by atoms with Crippen molar-refractivity contribution in [1.29, 1.82) is 0 Å². The van der Waals surface area contributed by atoms with E-state index in [2.05, 4.69) is 36.0 Å². The van der Waals surface area contributed by atoms with Crippen LogP contribution >= 0.6 is 11.3 Å². The van der Waals surface area contributed by atoms with Gasteiger partial charge in [0.05, 0.1) is 23.9 Å². The van der Waals surface area contributed by atoms with Gasteiger partial charge in [-0.15, -0.1) is 11.3 Å². The van der Waals surface area contributed by atoms with Crippen LogP contribution in [0.1, 0.15) is 44.8 Å². The van der Waals surface area contributed by atoms with Crippen molar-refractivity contribution in [3.63, 3.8) is 0 Å². The van der Waals surface area contributed by atoms with Crippen LogP contribution in [0.5, 0.6) is 0 Å². The van der Waals surface area contributed by atoms with E-state index in [9.17, 15) is 4.79 Å². The van der Waals surface area contributed by atoms with Gasteiger partial charge in [-0.3, -0.25) is 9.69 Å². The van der Waals surface area contributed by atoms with Crippen molar-refractivity contribution in [2.45, 2.75) is 53.1 Å². The predicted octanol–water partition coefficient (Wildman–Crippen LogP) is 2.87. The molecular weight excluding hydrogens is 260 g/mol. The molecule has 0 atom stereocenters. The summed E-state index contributed by atoms with van der Waals surface area (Å²) >= 11 is 1.70. The van der Waals surface area contributed by atoms with Gasteiger partial charge in [-0.05, 0) is 33.6 Å². The van der Waals surface area contributed by atoms with Crippen molar-refractivity contribution in [1.82, 2.24) is 9.88 Å². The first-order chi connectivity index (χ1) is 9.06. The molecule has 1 aromatic heterocycles. The number of carbonyl (C=O) groups is 1. The van der Waals surface area contributed by atoms with Gasteiger partial charge >= 0.3 is 5.97 Å². The summed E-state index contributed by atoms with van der Waals surface area (Å²) in [5, 5.41) is 3.27. The summed E-state index contributed by atoms with van der Waals surface area (Å²) in [6.07, 6.45) is 2.15. The molecule has 0 fully saturated rings. The SMILES string of the molecule is CCCc1nc(CN(CC(=O)OCC)C(C)C)cs1. The molecule has 108 valence electrons. The number of thiazole rings is 1. The molecule has 1 rings (SSSR count). The van der Waals surface area contributed by atoms with Gasteiger partial charge in [0.15, 0.2) is 0 Å². The molecule has 0 aliphatic heterocycles. The van der Waals surface area contributed by atoms with E-state index in [-0.39, 0.29) is 5.97 Å². The topological polar surface area (TPSA) is 42.4 Å². The number of hydrogen-bond donors (Lipinski definition) is 0. The van der Waals surface area contributed by atoms with Crippen LogP contribution in [-0.2, 0) is 22.5 Å². The normalized spacial score (nSPS) is 11.3. The number of nitrogens with zero attached hydrogens (tertiary/aromatic N) is 2. The lowest BCUT2D eigenvalue weighted by Gasteiger charge is -2.24. The molecule has 0 unspecified atom stereocenters. The summed E-state index contributed by atoms with van der Waals surface area (Å²) in [4.78, 5) is 18.3. The molecule has 4 nitrogen and oxygen atoms in total. The lowest BCUT2D eigenvalue weighted by molar-refractivity contribution is -0.145. The summed E-state index contributed by atoms with van der Waals surface area (Å²) in [5.41, 5.74) is 1.05. The van der Waals surface area contributed by atoms with Crippen LogP contribution in [0.25, 0.3) is 0 Å². The summed E-state index contributed by atoms with van der Waals surface area (Å²) in [6.45, 7) is 9.61. The summed E-state index contributed by atoms with van der Waals surface area (Å²) in [7, 11) is 0. The minimum Gasteiger partial charge on any atom is -0.465 e. The Morgan fingerprint density at radius 2 is 2.21 bits per heavy atom. The quantitative estimate of drug-likeness (QED) is 0.688. The highest BCUT2D eigenvalue weighted by molar-refractivity contribution is 7.09. The molecule has 0 N–H and O–H groups in total. The lowest BCUT2D eigenvalue weighted by atomic mass is 10.3. The first-order valence-corrected chi connectivity index (χ1v) is 7.77. The molecule has 0 aliphatic rings. The molecule has 1 heterocycles. The highest BCUT2D eigenvalue weighted by Crippen LogP contribution is 2.14. The van der Waals surface area contributed by atoms with Gasteiger partial charge in [0, 0.05) is 18.0 Å². The Kier molecular flexibility index (Phi) is 7.02. The van der Waals surface area contributed by atoms with Gasteiger partial charge in [-0.1, -0.05) is 6.92 Å². The maximum Gasteiger partial charge on any atom is 0.320 e. The van der Waals surface area contributed by atoms with Gasteiger partial charge in [0.1, 0.15) is 0 Å². The van der Waals surface area contributed by atoms with Crippen molar-refractivity contribution < 1.29 is 9.53 Å². The minimum absolute atomic E-state index is 0.166. The second-order valence-corrected chi connectivity index (χ2v) is 5.73. The molecule has 1 aromatic rings. The fraction of sp³-hybridized carbons (Fsp3) is 0.714. The van der Waals surface area contributed by atoms with E-state index < -0.39 is 0 Å². The van der Waals surface area contributed by atoms with Crippen molar-refractivity contribution in [3.8, 4) is 0 Å². The molecule has 19 heavy (non-hydrogen) atoms. The summed E-state index contributed by atoms with van der Waals surface area (Å²) < 4.78 is 5.01. The second kappa shape index (κ2) is 8.27. The Morgan fingerprint density at radius 1 is 1.47 bits per heavy atom. The number of ether oxygens (including phenoxy) is 1. The van der Waals surface area contributed by atoms with E-state index in [1.54, 1.807) is 11.3 Å². The largest absolute Gasteiger partial charge is 0.465 e. The Balaban J connectivity index is 2.59. The number of hydrogen-bond acceptors (Lipinski definition) is 5. The van der Waals surface area contributed by atoms with Gasteiger partial charge in [0.25, 0.3) is 0 Å². The van der Waals surface area contributed by atoms with Crippen molar-refractivity contribution in [3.05, 3.63) is 16.1 Å². The lowest BCUT2D eigenvalue weighted by Crippen LogP contribution is -2.36. The highest BCUT2D eigenvalue weighted by Gasteiger charge is 2.16. The maximum absolute atomic E-state index is 11.6. The van der Waals surface area contributed by atoms with Gasteiger partial charge in [0.2, 0.25) is 0 Å². The van der Waals surface area contributed by atoms with Crippen LogP contribution in [0.3, 0.4) is 0 Å². The first kappa shape index (κ1) is 16.1. The van der Waals surface area contributed by atoms with Crippen LogP contribution in [0.4, 0.5) is 0 Å². The molecule has 0 saturated heterocycles. The van der Waals surface area contributed by atoms with Crippen molar-refractivity contribution >= 4 is 17.3 Å². The van der Waals surface area contributed by atoms with Crippen LogP contribution in [0, 0.1) is 0 Å². The van der Waals surface area contributed by atoms with E-state index in [0.717, 1.165) is 18.5 Å². The smallest absolute Gasteiger partial charge is 0.320 e. The molecule has 5 heteroatoms. The first-order valence-electron chi connectivity index (χ1n) is 6.89. The van der Waals surface area contributed by atoms with Gasteiger partial charge in [-0.25, -0.2) is 4.98 Å². The van der Waals surface area contributed by atoms with Crippen LogP contribution in [-0.4, -0.2) is 35.0 Å². The fourth-order valence-electron chi connectivity index (χ4n) is 1.75. The molecule has 0 spiro atoms. The number of carbonyl (C=O) groups excluding carboxylic acids is 1. The third kappa shape index (κ3) is 5.70. The van der Waals surface area contributed by atoms with Crippen LogP contribution in [0.2, 0.25) is 0 Å². The van der Waals surface area contributed by atoms with Crippen molar-refractivity contribution in [2.75, 3.05) is 13.2 Å². The van der Waals surface area contributed by atoms with Crippen LogP contribution < -0.4 is 0 Å². The van der Waals surface area contributed by atoms with E-state index in [1.807, 2.05) is 6.92 Å². The second-order valence-electron chi connectivity index (χ2n) is 4.79. The van der Waals surface area contributed by atoms with E-state index in [4.69, 9.17) is 4.74 Å². The fourth-order valence-corrected chi connectivity index (χ4v) is 2.64. The van der Waals surface area contributed by atoms with E-state index in [1.165, 1.54) is 5.01 Å². The van der Waals surface area contributed by atoms with E-state index >= 15 is 0 Å². The molecule has 0 aliphatic carbocycles. The molecule has 0 saturated carbocycles. The predicted molar refractivity (Wildman–Crippen MR) is 78.3 cm³/mol. The molecular formula is C14H24N2O2S. The molecule has 0 radical (unpaired) electrons. The van der Waals surface area contributed by atoms with Crippen molar-refractivity contribution in [2.24, 2.45) is 0 Å². The molecule has 0 amide bonds. The zero-order valence-electron chi connectivity index (χ0n) is 12.3. The number of rotatable bonds is 8. The Morgan fingerprint density at radius 3 is 2.79 bits per heavy atom. The highest BCUT2D eigenvalue weighted by atomic mass is 32.1. The molecule has 0 bridgehead atoms. The molecule has 0 aromatic carbocycles. The maximum atomic E-state index is 11.6. The third-order valence-electron chi connectivity index (χ3n) is 2.80. The Bertz CT molecular complexity index is 391. The van der Waals surface area contributed by atoms with Crippen LogP contribution in [0.15, 0.2) is 5.38 Å². The Labute approximate surface area is 119 Å². The monoisotopic (exact) mass is 284 g/mol. The number of aromatic nitrogens is 1. The van der Waals surface area contributed by atoms with Gasteiger partial charge in [-0.2, -0.15) is 0 Å². The van der Waals surface area contributed by atoms with Gasteiger partial charge < -0.3 is 4.74 Å². The zero-order chi connectivity index (χ0) is 14.3. The standard InChI is InChI=1S/C14H24N2O2S/c1-5-7-13-15-12(10-19-13)8-16(11(3)4)9-14(17)18-6-2/h10-11H,5-9H2,1-4H3. The average molecular weight is 284 g/mol. The summed E-state index contributed by atoms with van der Waals surface area (Å²) in [6, 6.07) is 0.292. The third-order valence-corrected chi connectivity index (χ3v) is 3.75. The number of aryl methyl sites for hydroxylation is 1. The van der Waals surface area contributed by atoms with E-state index in [0.29, 0.717) is 25.7 Å². The number of esters is 1. The zero-order valence-corrected chi connectivity index (χ0v) is 13.1.